The molecule has 2 aliphatic rings. The number of likely N-dealkylation sites (tertiary alicyclic amines) is 1. The van der Waals surface area contributed by atoms with Gasteiger partial charge in [0.15, 0.2) is 0 Å². The molecule has 2 saturated heterocycles. The number of carbonyl (C=O) groups is 2. The molecule has 3 heterocycles. The van der Waals surface area contributed by atoms with E-state index in [1.54, 1.807) is 30.3 Å². The number of pyridine rings is 1. The fraction of sp³-hybridized carbons (Fsp3) is 0.414. The normalized spacial score (nSPS) is 23.7. The number of piperidine rings is 2. The molecule has 0 aliphatic carbocycles. The molecule has 1 unspecified atom stereocenters. The molecule has 0 bridgehead atoms. The third kappa shape index (κ3) is 5.23. The Hall–Kier alpha value is -3.50. The summed E-state index contributed by atoms with van der Waals surface area (Å²) in [7, 11) is 0. The van der Waals surface area contributed by atoms with Gasteiger partial charge in [0.1, 0.15) is 11.6 Å². The topological polar surface area (TPSA) is 91.8 Å². The lowest BCUT2D eigenvalue weighted by atomic mass is 9.66. The van der Waals surface area contributed by atoms with Crippen molar-refractivity contribution in [3.63, 3.8) is 0 Å². The van der Waals surface area contributed by atoms with Crippen LogP contribution in [-0.2, 0) is 21.7 Å². The summed E-state index contributed by atoms with van der Waals surface area (Å²) in [4.78, 5) is 30.4. The smallest absolute Gasteiger partial charge is 0.387 e. The van der Waals surface area contributed by atoms with Gasteiger partial charge in [0, 0.05) is 48.6 Å². The number of rotatable bonds is 6. The van der Waals surface area contributed by atoms with Crippen LogP contribution in [0.2, 0.25) is 0 Å². The molecule has 0 radical (unpaired) electrons. The van der Waals surface area contributed by atoms with Crippen molar-refractivity contribution < 1.29 is 32.6 Å². The van der Waals surface area contributed by atoms with Crippen LogP contribution in [-0.4, -0.2) is 46.5 Å². The molecule has 2 N–H and O–H groups in total. The highest BCUT2D eigenvalue weighted by Gasteiger charge is 2.50. The third-order valence-corrected chi connectivity index (χ3v) is 7.99. The lowest BCUT2D eigenvalue weighted by Crippen LogP contribution is -2.55. The number of carbonyl (C=O) groups excluding carboxylic acids is 2. The number of aromatic nitrogens is 1. The Kier molecular flexibility index (Phi) is 7.11. The van der Waals surface area contributed by atoms with Crippen LogP contribution in [0.25, 0.3) is 10.9 Å². The summed E-state index contributed by atoms with van der Waals surface area (Å²) in [6, 6.07) is 11.3. The molecular formula is C29H30F3N3O4. The van der Waals surface area contributed by atoms with Gasteiger partial charge in [-0.1, -0.05) is 32.0 Å². The van der Waals surface area contributed by atoms with E-state index in [9.17, 15) is 23.5 Å². The molecule has 206 valence electrons. The summed E-state index contributed by atoms with van der Waals surface area (Å²) in [5.41, 5.74) is -0.203. The number of amides is 2. The van der Waals surface area contributed by atoms with Gasteiger partial charge < -0.3 is 9.84 Å². The number of hydrogen-bond donors (Lipinski definition) is 2. The number of nitrogens with zero attached hydrogens (tertiary/aromatic N) is 2. The Morgan fingerprint density at radius 2 is 1.92 bits per heavy atom. The average Bonchev–Trinajstić information content (AvgIpc) is 2.87. The van der Waals surface area contributed by atoms with E-state index in [-0.39, 0.29) is 35.4 Å². The maximum atomic E-state index is 16.1. The minimum atomic E-state index is -2.88. The zero-order valence-corrected chi connectivity index (χ0v) is 21.7. The fourth-order valence-corrected chi connectivity index (χ4v) is 5.80. The quantitative estimate of drug-likeness (QED) is 0.443. The molecule has 2 aliphatic heterocycles. The van der Waals surface area contributed by atoms with E-state index < -0.39 is 35.3 Å². The van der Waals surface area contributed by atoms with Crippen molar-refractivity contribution in [2.45, 2.75) is 57.8 Å². The van der Waals surface area contributed by atoms with E-state index in [4.69, 9.17) is 0 Å². The number of hydrogen-bond acceptors (Lipinski definition) is 6. The highest BCUT2D eigenvalue weighted by atomic mass is 19.3. The maximum absolute atomic E-state index is 16.1. The van der Waals surface area contributed by atoms with Gasteiger partial charge in [0.25, 0.3) is 0 Å². The van der Waals surface area contributed by atoms with E-state index >= 15 is 4.39 Å². The molecule has 2 amide bonds. The van der Waals surface area contributed by atoms with E-state index in [0.717, 1.165) is 5.56 Å². The molecule has 5 rings (SSSR count). The first-order valence-electron chi connectivity index (χ1n) is 12.9. The van der Waals surface area contributed by atoms with Gasteiger partial charge in [0.05, 0.1) is 17.0 Å². The molecule has 2 fully saturated rings. The lowest BCUT2D eigenvalue weighted by Gasteiger charge is -2.50. The Balaban J connectivity index is 1.38. The average molecular weight is 542 g/mol. The molecule has 10 heteroatoms. The Morgan fingerprint density at radius 3 is 2.59 bits per heavy atom. The summed E-state index contributed by atoms with van der Waals surface area (Å²) in [6.45, 7) is 2.38. The summed E-state index contributed by atoms with van der Waals surface area (Å²) in [5.74, 6) is -1.84. The molecule has 7 nitrogen and oxygen atoms in total. The molecule has 1 aromatic heterocycles. The third-order valence-electron chi connectivity index (χ3n) is 7.99. The number of nitrogens with one attached hydrogen (secondary N) is 1. The zero-order chi connectivity index (χ0) is 27.9. The lowest BCUT2D eigenvalue weighted by molar-refractivity contribution is -0.134. The van der Waals surface area contributed by atoms with Crippen molar-refractivity contribution in [1.29, 1.82) is 0 Å². The van der Waals surface area contributed by atoms with Crippen LogP contribution in [0, 0.1) is 11.2 Å². The van der Waals surface area contributed by atoms with Crippen LogP contribution in [0.5, 0.6) is 5.75 Å². The second kappa shape index (κ2) is 10.2. The monoisotopic (exact) mass is 541 g/mol. The fourth-order valence-electron chi connectivity index (χ4n) is 5.80. The van der Waals surface area contributed by atoms with Gasteiger partial charge >= 0.3 is 6.61 Å². The van der Waals surface area contributed by atoms with Gasteiger partial charge in [-0.3, -0.25) is 24.8 Å². The number of fused-ring (bicyclic) bond motifs is 1. The molecule has 3 aromatic rings. The minimum absolute atomic E-state index is 0.0872. The van der Waals surface area contributed by atoms with Gasteiger partial charge in [0.2, 0.25) is 11.8 Å². The second-order valence-electron chi connectivity index (χ2n) is 11.0. The first-order valence-corrected chi connectivity index (χ1v) is 12.9. The molecule has 0 spiro atoms. The standard InChI is InChI=1S/C29H30F3N3O4/c1-28(2)16-35(15-17-3-5-19(6-4-17)39-27(31)32)12-11-29(28,38)22-8-9-23-21(25(22)30)13-18(14-33-23)20-7-10-24(36)34-26(20)37/h3-6,8-9,13-14,20,27,38H,7,10-12,15-16H2,1-2H3,(H,34,36,37)/t20?,29-/m0/s1. The number of imide groups is 1. The van der Waals surface area contributed by atoms with E-state index in [1.165, 1.54) is 18.3 Å². The van der Waals surface area contributed by atoms with Gasteiger partial charge in [-0.05, 0) is 48.2 Å². The second-order valence-corrected chi connectivity index (χ2v) is 11.0. The Labute approximate surface area is 224 Å². The number of alkyl halides is 2. The van der Waals surface area contributed by atoms with Crippen molar-refractivity contribution in [2.75, 3.05) is 13.1 Å². The van der Waals surface area contributed by atoms with Crippen molar-refractivity contribution in [2.24, 2.45) is 5.41 Å². The van der Waals surface area contributed by atoms with Gasteiger partial charge in [-0.25, -0.2) is 4.39 Å². The zero-order valence-electron chi connectivity index (χ0n) is 21.7. The van der Waals surface area contributed by atoms with E-state index in [2.05, 4.69) is 19.9 Å². The highest BCUT2D eigenvalue weighted by molar-refractivity contribution is 6.01. The predicted octanol–water partition coefficient (Wildman–Crippen LogP) is 4.62. The Morgan fingerprint density at radius 1 is 1.18 bits per heavy atom. The van der Waals surface area contributed by atoms with Gasteiger partial charge in [-0.2, -0.15) is 8.78 Å². The van der Waals surface area contributed by atoms with Crippen LogP contribution in [0.15, 0.2) is 48.7 Å². The summed E-state index contributed by atoms with van der Waals surface area (Å²) < 4.78 is 45.4. The van der Waals surface area contributed by atoms with Crippen LogP contribution in [0.1, 0.15) is 55.7 Å². The molecule has 39 heavy (non-hydrogen) atoms. The Bertz CT molecular complexity index is 1410. The maximum Gasteiger partial charge on any atom is 0.387 e. The molecule has 0 saturated carbocycles. The number of benzene rings is 2. The SMILES string of the molecule is CC1(C)CN(Cc2ccc(OC(F)F)cc2)CC[C@]1(O)c1ccc2ncc(C3CCC(=O)NC3=O)cc2c1F. The van der Waals surface area contributed by atoms with Crippen molar-refractivity contribution in [1.82, 2.24) is 15.2 Å². The number of ether oxygens (including phenoxy) is 1. The van der Waals surface area contributed by atoms with Crippen LogP contribution in [0.4, 0.5) is 13.2 Å². The minimum Gasteiger partial charge on any atom is -0.435 e. The number of aliphatic hydroxyl groups is 1. The van der Waals surface area contributed by atoms with E-state index in [1.807, 2.05) is 13.8 Å². The van der Waals surface area contributed by atoms with Gasteiger partial charge in [-0.15, -0.1) is 0 Å². The van der Waals surface area contributed by atoms with Crippen molar-refractivity contribution >= 4 is 22.7 Å². The summed E-state index contributed by atoms with van der Waals surface area (Å²) in [5, 5.41) is 14.5. The molecule has 2 atom stereocenters. The van der Waals surface area contributed by atoms with Crippen LogP contribution >= 0.6 is 0 Å². The number of halogens is 3. The summed E-state index contributed by atoms with van der Waals surface area (Å²) in [6.07, 6.45) is 2.34. The van der Waals surface area contributed by atoms with Crippen molar-refractivity contribution in [3.8, 4) is 5.75 Å². The molecule has 2 aromatic carbocycles. The van der Waals surface area contributed by atoms with Crippen molar-refractivity contribution in [3.05, 3.63) is 71.2 Å². The predicted molar refractivity (Wildman–Crippen MR) is 137 cm³/mol. The largest absolute Gasteiger partial charge is 0.435 e. The summed E-state index contributed by atoms with van der Waals surface area (Å²) >= 11 is 0. The first kappa shape index (κ1) is 27.1. The van der Waals surface area contributed by atoms with Crippen LogP contribution < -0.4 is 10.1 Å². The van der Waals surface area contributed by atoms with Crippen LogP contribution in [0.3, 0.4) is 0 Å². The first-order chi connectivity index (χ1) is 18.5. The highest BCUT2D eigenvalue weighted by Crippen LogP contribution is 2.48. The van der Waals surface area contributed by atoms with E-state index in [0.29, 0.717) is 37.1 Å². The molecular weight excluding hydrogens is 511 g/mol.